The third-order valence-corrected chi connectivity index (χ3v) is 3.90. The molecule has 0 aliphatic carbocycles. The largest absolute Gasteiger partial charge is 0.491 e. The van der Waals surface area contributed by atoms with Gasteiger partial charge in [-0.3, -0.25) is 9.59 Å². The van der Waals surface area contributed by atoms with E-state index >= 15 is 0 Å². The molecule has 0 aliphatic heterocycles. The van der Waals surface area contributed by atoms with Crippen molar-refractivity contribution in [1.29, 1.82) is 0 Å². The summed E-state index contributed by atoms with van der Waals surface area (Å²) in [5.41, 5.74) is 2.00. The highest BCUT2D eigenvalue weighted by Crippen LogP contribution is 2.18. The summed E-state index contributed by atoms with van der Waals surface area (Å²) in [6.07, 6.45) is 0.835. The summed E-state index contributed by atoms with van der Waals surface area (Å²) in [4.78, 5) is 24.2. The van der Waals surface area contributed by atoms with E-state index in [-0.39, 0.29) is 24.5 Å². The second kappa shape index (κ2) is 11.7. The number of benzene rings is 2. The monoisotopic (exact) mass is 399 g/mol. The molecule has 0 unspecified atom stereocenters. The van der Waals surface area contributed by atoms with Crippen molar-refractivity contribution in [2.75, 3.05) is 37.4 Å². The number of amides is 2. The Bertz CT molecular complexity index is 791. The Morgan fingerprint density at radius 3 is 2.48 bits per heavy atom. The molecule has 7 nitrogen and oxygen atoms in total. The molecule has 3 N–H and O–H groups in total. The van der Waals surface area contributed by atoms with Crippen LogP contribution in [0.1, 0.15) is 30.6 Å². The van der Waals surface area contributed by atoms with Crippen LogP contribution in [-0.4, -0.2) is 44.7 Å². The number of carbonyl (C=O) groups excluding carboxylic acids is 2. The van der Waals surface area contributed by atoms with Crippen LogP contribution in [0.2, 0.25) is 0 Å². The maximum absolute atomic E-state index is 12.2. The zero-order valence-corrected chi connectivity index (χ0v) is 17.2. The van der Waals surface area contributed by atoms with E-state index < -0.39 is 0 Å². The molecule has 0 atom stereocenters. The van der Waals surface area contributed by atoms with Gasteiger partial charge >= 0.3 is 0 Å². The van der Waals surface area contributed by atoms with Crippen LogP contribution < -0.4 is 20.7 Å². The Balaban J connectivity index is 1.79. The molecule has 0 spiro atoms. The minimum atomic E-state index is -0.174. The first-order valence-corrected chi connectivity index (χ1v) is 9.65. The van der Waals surface area contributed by atoms with Gasteiger partial charge in [-0.15, -0.1) is 0 Å². The first-order chi connectivity index (χ1) is 14.0. The quantitative estimate of drug-likeness (QED) is 0.505. The van der Waals surface area contributed by atoms with Crippen molar-refractivity contribution in [3.05, 3.63) is 54.1 Å². The summed E-state index contributed by atoms with van der Waals surface area (Å²) in [5, 5.41) is 8.71. The Morgan fingerprint density at radius 1 is 1.03 bits per heavy atom. The Kier molecular flexibility index (Phi) is 8.98. The van der Waals surface area contributed by atoms with E-state index in [0.29, 0.717) is 30.2 Å². The van der Waals surface area contributed by atoms with E-state index in [2.05, 4.69) is 16.0 Å². The maximum atomic E-state index is 12.2. The highest BCUT2D eigenvalue weighted by Gasteiger charge is 2.07. The van der Waals surface area contributed by atoms with Crippen molar-refractivity contribution in [3.63, 3.8) is 0 Å². The number of hydrogen-bond donors (Lipinski definition) is 3. The summed E-state index contributed by atoms with van der Waals surface area (Å²) in [6.45, 7) is 5.19. The van der Waals surface area contributed by atoms with Gasteiger partial charge in [-0.1, -0.05) is 6.07 Å². The normalized spacial score (nSPS) is 10.5. The molecule has 7 heteroatoms. The van der Waals surface area contributed by atoms with Gasteiger partial charge in [0.2, 0.25) is 5.91 Å². The summed E-state index contributed by atoms with van der Waals surface area (Å²) in [5.74, 6) is 0.405. The van der Waals surface area contributed by atoms with Crippen LogP contribution in [0.4, 0.5) is 11.4 Å². The molecule has 0 radical (unpaired) electrons. The van der Waals surface area contributed by atoms with Crippen molar-refractivity contribution in [1.82, 2.24) is 5.32 Å². The van der Waals surface area contributed by atoms with Crippen LogP contribution in [0.25, 0.3) is 0 Å². The van der Waals surface area contributed by atoms with Gasteiger partial charge in [-0.2, -0.15) is 0 Å². The van der Waals surface area contributed by atoms with Gasteiger partial charge in [0.25, 0.3) is 5.91 Å². The number of hydrogen-bond acceptors (Lipinski definition) is 5. The van der Waals surface area contributed by atoms with Crippen LogP contribution in [0, 0.1) is 0 Å². The summed E-state index contributed by atoms with van der Waals surface area (Å²) < 4.78 is 10.6. The van der Waals surface area contributed by atoms with Gasteiger partial charge in [-0.25, -0.2) is 0 Å². The Labute approximate surface area is 171 Å². The van der Waals surface area contributed by atoms with E-state index in [4.69, 9.17) is 9.47 Å². The molecule has 2 aromatic carbocycles. The lowest BCUT2D eigenvalue weighted by Gasteiger charge is -2.12. The van der Waals surface area contributed by atoms with E-state index in [9.17, 15) is 9.59 Å². The van der Waals surface area contributed by atoms with E-state index in [1.807, 2.05) is 32.0 Å². The molecule has 0 fully saturated rings. The van der Waals surface area contributed by atoms with Crippen molar-refractivity contribution >= 4 is 23.2 Å². The summed E-state index contributed by atoms with van der Waals surface area (Å²) in [6, 6.07) is 14.3. The van der Waals surface area contributed by atoms with Crippen molar-refractivity contribution in [3.8, 4) is 5.75 Å². The molecule has 0 aliphatic rings. The lowest BCUT2D eigenvalue weighted by atomic mass is 10.2. The first kappa shape index (κ1) is 22.2. The van der Waals surface area contributed by atoms with Crippen molar-refractivity contribution in [2.24, 2.45) is 0 Å². The third kappa shape index (κ3) is 8.23. The molecule has 0 saturated heterocycles. The van der Waals surface area contributed by atoms with Gasteiger partial charge < -0.3 is 25.4 Å². The minimum absolute atomic E-state index is 0.0676. The van der Waals surface area contributed by atoms with E-state index in [1.165, 1.54) is 0 Å². The predicted molar refractivity (Wildman–Crippen MR) is 115 cm³/mol. The second-order valence-electron chi connectivity index (χ2n) is 6.78. The van der Waals surface area contributed by atoms with E-state index in [1.54, 1.807) is 37.4 Å². The average molecular weight is 399 g/mol. The topological polar surface area (TPSA) is 88.7 Å². The Morgan fingerprint density at radius 2 is 1.79 bits per heavy atom. The van der Waals surface area contributed by atoms with Crippen LogP contribution in [-0.2, 0) is 9.53 Å². The molecule has 2 amide bonds. The van der Waals surface area contributed by atoms with Crippen molar-refractivity contribution in [2.45, 2.75) is 26.4 Å². The number of methoxy groups -OCH3 is 1. The summed E-state index contributed by atoms with van der Waals surface area (Å²) >= 11 is 0. The first-order valence-electron chi connectivity index (χ1n) is 9.65. The molecule has 2 rings (SSSR count). The molecular formula is C22H29N3O4. The van der Waals surface area contributed by atoms with Gasteiger partial charge in [0, 0.05) is 43.3 Å². The predicted octanol–water partition coefficient (Wildman–Crippen LogP) is 3.29. The summed E-state index contributed by atoms with van der Waals surface area (Å²) in [7, 11) is 1.63. The van der Waals surface area contributed by atoms with Crippen LogP contribution >= 0.6 is 0 Å². The minimum Gasteiger partial charge on any atom is -0.491 e. The number of rotatable bonds is 11. The fourth-order valence-electron chi connectivity index (χ4n) is 2.57. The molecule has 0 bridgehead atoms. The lowest BCUT2D eigenvalue weighted by molar-refractivity contribution is -0.114. The number of nitrogens with one attached hydrogen (secondary N) is 3. The molecule has 2 aromatic rings. The maximum Gasteiger partial charge on any atom is 0.251 e. The number of ether oxygens (including phenoxy) is 2. The smallest absolute Gasteiger partial charge is 0.251 e. The lowest BCUT2D eigenvalue weighted by Crippen LogP contribution is -2.25. The molecule has 156 valence electrons. The van der Waals surface area contributed by atoms with Gasteiger partial charge in [0.1, 0.15) is 5.75 Å². The van der Waals surface area contributed by atoms with Crippen LogP contribution in [0.15, 0.2) is 48.5 Å². The SMILES string of the molecule is COCCCNC(=O)c1ccc(NCC(=O)Nc2cccc(OC(C)C)c2)cc1. The van der Waals surface area contributed by atoms with E-state index in [0.717, 1.165) is 12.1 Å². The standard InChI is InChI=1S/C22H29N3O4/c1-16(2)29-20-7-4-6-19(14-20)25-21(26)15-24-18-10-8-17(9-11-18)22(27)23-12-5-13-28-3/h4,6-11,14,16,24H,5,12-13,15H2,1-3H3,(H,23,27)(H,25,26). The fourth-order valence-corrected chi connectivity index (χ4v) is 2.57. The van der Waals surface area contributed by atoms with Gasteiger partial charge in [0.05, 0.1) is 12.6 Å². The molecule has 0 saturated carbocycles. The average Bonchev–Trinajstić information content (AvgIpc) is 2.70. The molecule has 29 heavy (non-hydrogen) atoms. The highest BCUT2D eigenvalue weighted by atomic mass is 16.5. The highest BCUT2D eigenvalue weighted by molar-refractivity contribution is 5.95. The number of anilines is 2. The van der Waals surface area contributed by atoms with Gasteiger partial charge in [0.15, 0.2) is 0 Å². The molecule has 0 heterocycles. The zero-order chi connectivity index (χ0) is 21.1. The van der Waals surface area contributed by atoms with Crippen molar-refractivity contribution < 1.29 is 19.1 Å². The second-order valence-corrected chi connectivity index (χ2v) is 6.78. The fraction of sp³-hybridized carbons (Fsp3) is 0.364. The van der Waals surface area contributed by atoms with Crippen LogP contribution in [0.5, 0.6) is 5.75 Å². The molecular weight excluding hydrogens is 370 g/mol. The van der Waals surface area contributed by atoms with Crippen LogP contribution in [0.3, 0.4) is 0 Å². The zero-order valence-electron chi connectivity index (χ0n) is 17.2. The number of carbonyl (C=O) groups is 2. The Hall–Kier alpha value is -3.06. The molecule has 0 aromatic heterocycles. The third-order valence-electron chi connectivity index (χ3n) is 3.90. The van der Waals surface area contributed by atoms with Gasteiger partial charge in [-0.05, 0) is 56.7 Å².